The molecule has 0 radical (unpaired) electrons. The maximum absolute atomic E-state index is 5.40. The summed E-state index contributed by atoms with van der Waals surface area (Å²) in [6.45, 7) is 4.59. The Balaban J connectivity index is 2.10. The summed E-state index contributed by atoms with van der Waals surface area (Å²) in [5.41, 5.74) is 3.78. The zero-order valence-corrected chi connectivity index (χ0v) is 12.9. The van der Waals surface area contributed by atoms with Gasteiger partial charge in [0.15, 0.2) is 5.65 Å². The summed E-state index contributed by atoms with van der Waals surface area (Å²) in [6, 6.07) is 9.95. The molecule has 0 aliphatic heterocycles. The lowest BCUT2D eigenvalue weighted by Gasteiger charge is -2.01. The Morgan fingerprint density at radius 2 is 2.05 bits per heavy atom. The number of halogens is 1. The highest BCUT2D eigenvalue weighted by atomic mass is 79.9. The maximum atomic E-state index is 5.40. The number of hydrogen-bond acceptors (Lipinski definition) is 3. The number of benzene rings is 1. The Hall–Kier alpha value is -1.88. The number of fused-ring (bicyclic) bond motifs is 1. The van der Waals surface area contributed by atoms with Crippen molar-refractivity contribution in [1.82, 2.24) is 15.0 Å². The predicted octanol–water partition coefficient (Wildman–Crippen LogP) is 4.09. The lowest BCUT2D eigenvalue weighted by atomic mass is 10.1. The van der Waals surface area contributed by atoms with Crippen molar-refractivity contribution < 1.29 is 4.74 Å². The van der Waals surface area contributed by atoms with Crippen molar-refractivity contribution in [3.63, 3.8) is 0 Å². The van der Waals surface area contributed by atoms with Crippen LogP contribution in [0.3, 0.4) is 0 Å². The quantitative estimate of drug-likeness (QED) is 0.786. The van der Waals surface area contributed by atoms with Crippen LogP contribution in [-0.2, 0) is 0 Å². The van der Waals surface area contributed by atoms with E-state index in [-0.39, 0.29) is 0 Å². The van der Waals surface area contributed by atoms with E-state index in [0.717, 1.165) is 21.4 Å². The number of nitrogens with zero attached hydrogens (tertiary/aromatic N) is 2. The third-order valence-corrected chi connectivity index (χ3v) is 3.68. The standard InChI is InChI=1S/C15H14BrN3O/c1-3-20-13-7-6-12-15(18-13)19-14(17-12)10-8-9(2)4-5-11(10)16/h4-8H,3H2,1-2H3,(H,17,18,19). The SMILES string of the molecule is CCOc1ccc2[nH]c(-c3cc(C)ccc3Br)nc2n1. The van der Waals surface area contributed by atoms with Crippen molar-refractivity contribution in [3.8, 4) is 17.3 Å². The van der Waals surface area contributed by atoms with E-state index in [1.165, 1.54) is 5.56 Å². The van der Waals surface area contributed by atoms with Crippen LogP contribution < -0.4 is 4.74 Å². The monoisotopic (exact) mass is 331 g/mol. The van der Waals surface area contributed by atoms with Gasteiger partial charge >= 0.3 is 0 Å². The summed E-state index contributed by atoms with van der Waals surface area (Å²) in [5.74, 6) is 1.40. The van der Waals surface area contributed by atoms with E-state index in [2.05, 4.69) is 49.9 Å². The maximum Gasteiger partial charge on any atom is 0.215 e. The minimum absolute atomic E-state index is 0.596. The van der Waals surface area contributed by atoms with Gasteiger partial charge in [-0.15, -0.1) is 0 Å². The number of aromatic amines is 1. The van der Waals surface area contributed by atoms with E-state index in [1.807, 2.05) is 25.1 Å². The predicted molar refractivity (Wildman–Crippen MR) is 82.9 cm³/mol. The van der Waals surface area contributed by atoms with Crippen molar-refractivity contribution in [1.29, 1.82) is 0 Å². The highest BCUT2D eigenvalue weighted by Crippen LogP contribution is 2.28. The first kappa shape index (κ1) is 13.1. The molecule has 102 valence electrons. The molecular formula is C15H14BrN3O. The highest BCUT2D eigenvalue weighted by molar-refractivity contribution is 9.10. The molecule has 4 nitrogen and oxygen atoms in total. The van der Waals surface area contributed by atoms with Gasteiger partial charge in [0.05, 0.1) is 12.1 Å². The smallest absolute Gasteiger partial charge is 0.215 e. The van der Waals surface area contributed by atoms with Gasteiger partial charge in [0.2, 0.25) is 5.88 Å². The molecule has 0 fully saturated rings. The largest absolute Gasteiger partial charge is 0.478 e. The van der Waals surface area contributed by atoms with Crippen molar-refractivity contribution >= 4 is 27.1 Å². The Bertz CT molecular complexity index is 767. The van der Waals surface area contributed by atoms with Crippen LogP contribution in [0.2, 0.25) is 0 Å². The van der Waals surface area contributed by atoms with Crippen LogP contribution in [0.5, 0.6) is 5.88 Å². The molecule has 3 rings (SSSR count). The molecule has 0 bridgehead atoms. The molecule has 2 aromatic heterocycles. The lowest BCUT2D eigenvalue weighted by molar-refractivity contribution is 0.328. The number of hydrogen-bond donors (Lipinski definition) is 1. The fourth-order valence-corrected chi connectivity index (χ4v) is 2.49. The highest BCUT2D eigenvalue weighted by Gasteiger charge is 2.10. The molecule has 0 saturated carbocycles. The van der Waals surface area contributed by atoms with E-state index >= 15 is 0 Å². The Morgan fingerprint density at radius 1 is 1.20 bits per heavy atom. The summed E-state index contributed by atoms with van der Waals surface area (Å²) < 4.78 is 6.40. The molecule has 0 unspecified atom stereocenters. The van der Waals surface area contributed by atoms with Crippen LogP contribution in [0.25, 0.3) is 22.6 Å². The first-order chi connectivity index (χ1) is 9.67. The number of H-pyrrole nitrogens is 1. The van der Waals surface area contributed by atoms with Crippen molar-refractivity contribution in [2.24, 2.45) is 0 Å². The number of nitrogens with one attached hydrogen (secondary N) is 1. The minimum Gasteiger partial charge on any atom is -0.478 e. The minimum atomic E-state index is 0.596. The second-order valence-electron chi connectivity index (χ2n) is 4.52. The van der Waals surface area contributed by atoms with Gasteiger partial charge in [-0.3, -0.25) is 0 Å². The van der Waals surface area contributed by atoms with E-state index in [0.29, 0.717) is 18.1 Å². The first-order valence-corrected chi connectivity index (χ1v) is 7.23. The summed E-state index contributed by atoms with van der Waals surface area (Å²) in [5, 5.41) is 0. The number of aryl methyl sites for hydroxylation is 1. The normalized spacial score (nSPS) is 10.9. The van der Waals surface area contributed by atoms with Crippen LogP contribution in [0.15, 0.2) is 34.8 Å². The van der Waals surface area contributed by atoms with Gasteiger partial charge in [-0.05, 0) is 32.0 Å². The van der Waals surface area contributed by atoms with Crippen LogP contribution in [0.4, 0.5) is 0 Å². The van der Waals surface area contributed by atoms with Gasteiger partial charge in [-0.25, -0.2) is 4.98 Å². The number of imidazole rings is 1. The van der Waals surface area contributed by atoms with Crippen LogP contribution in [-0.4, -0.2) is 21.6 Å². The fourth-order valence-electron chi connectivity index (χ4n) is 2.05. The molecule has 5 heteroatoms. The molecular weight excluding hydrogens is 318 g/mol. The number of ether oxygens (including phenoxy) is 1. The summed E-state index contributed by atoms with van der Waals surface area (Å²) in [4.78, 5) is 12.2. The molecule has 0 saturated heterocycles. The molecule has 20 heavy (non-hydrogen) atoms. The van der Waals surface area contributed by atoms with E-state index < -0.39 is 0 Å². The number of pyridine rings is 1. The van der Waals surface area contributed by atoms with Gasteiger partial charge in [0, 0.05) is 16.1 Å². The van der Waals surface area contributed by atoms with Gasteiger partial charge in [0.25, 0.3) is 0 Å². The van der Waals surface area contributed by atoms with Crippen molar-refractivity contribution in [2.45, 2.75) is 13.8 Å². The fraction of sp³-hybridized carbons (Fsp3) is 0.200. The van der Waals surface area contributed by atoms with E-state index in [1.54, 1.807) is 0 Å². The molecule has 0 spiro atoms. The molecule has 0 amide bonds. The molecule has 0 aliphatic rings. The molecule has 3 aromatic rings. The van der Waals surface area contributed by atoms with E-state index in [9.17, 15) is 0 Å². The second kappa shape index (κ2) is 5.25. The second-order valence-corrected chi connectivity index (χ2v) is 5.38. The summed E-state index contributed by atoms with van der Waals surface area (Å²) in [7, 11) is 0. The Labute approximate surface area is 125 Å². The number of aromatic nitrogens is 3. The lowest BCUT2D eigenvalue weighted by Crippen LogP contribution is -1.93. The molecule has 0 aliphatic carbocycles. The zero-order chi connectivity index (χ0) is 14.1. The third-order valence-electron chi connectivity index (χ3n) is 2.99. The topological polar surface area (TPSA) is 50.8 Å². The van der Waals surface area contributed by atoms with Crippen LogP contribution >= 0.6 is 15.9 Å². The van der Waals surface area contributed by atoms with Crippen LogP contribution in [0, 0.1) is 6.92 Å². The van der Waals surface area contributed by atoms with Gasteiger partial charge < -0.3 is 9.72 Å². The molecule has 1 aromatic carbocycles. The average Bonchev–Trinajstić information content (AvgIpc) is 2.85. The van der Waals surface area contributed by atoms with Gasteiger partial charge in [0.1, 0.15) is 5.82 Å². The summed E-state index contributed by atoms with van der Waals surface area (Å²) >= 11 is 3.56. The van der Waals surface area contributed by atoms with Crippen molar-refractivity contribution in [2.75, 3.05) is 6.61 Å². The van der Waals surface area contributed by atoms with E-state index in [4.69, 9.17) is 4.74 Å². The van der Waals surface area contributed by atoms with Gasteiger partial charge in [-0.2, -0.15) is 4.98 Å². The van der Waals surface area contributed by atoms with Gasteiger partial charge in [-0.1, -0.05) is 27.6 Å². The Kier molecular flexibility index (Phi) is 3.44. The Morgan fingerprint density at radius 3 is 2.85 bits per heavy atom. The van der Waals surface area contributed by atoms with Crippen molar-refractivity contribution in [3.05, 3.63) is 40.4 Å². The molecule has 0 atom stereocenters. The molecule has 1 N–H and O–H groups in total. The zero-order valence-electron chi connectivity index (χ0n) is 11.3. The first-order valence-electron chi connectivity index (χ1n) is 6.43. The third kappa shape index (κ3) is 2.41. The number of rotatable bonds is 3. The molecule has 2 heterocycles. The summed E-state index contributed by atoms with van der Waals surface area (Å²) in [6.07, 6.45) is 0. The van der Waals surface area contributed by atoms with Crippen LogP contribution in [0.1, 0.15) is 12.5 Å². The average molecular weight is 332 g/mol.